The largest absolute Gasteiger partial charge is 0.461 e. The third-order valence-corrected chi connectivity index (χ3v) is 4.77. The monoisotopic (exact) mass is 456 g/mol. The van der Waals surface area contributed by atoms with E-state index < -0.39 is 0 Å². The number of hydrogen-bond acceptors (Lipinski definition) is 3. The molecule has 0 aliphatic carbocycles. The number of aliphatic imine (C=N–C) groups is 1. The van der Waals surface area contributed by atoms with E-state index in [9.17, 15) is 0 Å². The highest BCUT2D eigenvalue weighted by atomic mass is 127. The van der Waals surface area contributed by atoms with Gasteiger partial charge in [0.1, 0.15) is 11.3 Å². The number of fused-ring (bicyclic) bond motifs is 1. The first kappa shape index (κ1) is 20.0. The summed E-state index contributed by atoms with van der Waals surface area (Å²) in [5.41, 5.74) is 0.955. The normalized spacial score (nSPS) is 18.3. The molecule has 2 N–H and O–H groups in total. The Balaban J connectivity index is 0.00000225. The van der Waals surface area contributed by atoms with Gasteiger partial charge in [-0.15, -0.1) is 24.0 Å². The molecule has 0 bridgehead atoms. The van der Waals surface area contributed by atoms with Crippen molar-refractivity contribution in [1.82, 2.24) is 15.5 Å². The van der Waals surface area contributed by atoms with E-state index >= 15 is 0 Å². The number of likely N-dealkylation sites (N-methyl/N-ethyl adjacent to an activating group) is 1. The Bertz CT molecular complexity index is 652. The fraction of sp³-hybridized carbons (Fsp3) is 0.526. The van der Waals surface area contributed by atoms with Gasteiger partial charge < -0.3 is 15.1 Å². The van der Waals surface area contributed by atoms with Crippen LogP contribution in [0, 0.1) is 0 Å². The highest BCUT2D eigenvalue weighted by molar-refractivity contribution is 14.0. The average Bonchev–Trinajstić information content (AvgIpc) is 3.23. The number of rotatable bonds is 6. The zero-order chi connectivity index (χ0) is 16.8. The standard InChI is InChI=1S/C19H28N4O.HI/c1-3-23-12-6-8-16(23)14-22-19(20-2)21-11-10-17-13-15-7-4-5-9-18(15)24-17;/h4-5,7,9,13,16H,3,6,8,10-12,14H2,1-2H3,(H2,20,21,22);1H. The lowest BCUT2D eigenvalue weighted by atomic mass is 10.2. The van der Waals surface area contributed by atoms with Crippen LogP contribution in [-0.2, 0) is 6.42 Å². The summed E-state index contributed by atoms with van der Waals surface area (Å²) in [7, 11) is 1.82. The Kier molecular flexibility index (Phi) is 8.02. The lowest BCUT2D eigenvalue weighted by molar-refractivity contribution is 0.267. The van der Waals surface area contributed by atoms with Gasteiger partial charge in [-0.3, -0.25) is 9.89 Å². The van der Waals surface area contributed by atoms with Crippen molar-refractivity contribution >= 4 is 40.9 Å². The summed E-state index contributed by atoms with van der Waals surface area (Å²) in [5.74, 6) is 1.88. The number of guanidine groups is 1. The van der Waals surface area contributed by atoms with E-state index in [0.29, 0.717) is 6.04 Å². The van der Waals surface area contributed by atoms with Crippen molar-refractivity contribution in [3.05, 3.63) is 36.1 Å². The molecule has 2 heterocycles. The number of likely N-dealkylation sites (tertiary alicyclic amines) is 1. The van der Waals surface area contributed by atoms with Crippen molar-refractivity contribution in [2.75, 3.05) is 33.2 Å². The van der Waals surface area contributed by atoms with Crippen LogP contribution in [0.25, 0.3) is 11.0 Å². The van der Waals surface area contributed by atoms with Gasteiger partial charge in [0.2, 0.25) is 0 Å². The average molecular weight is 456 g/mol. The molecular formula is C19H29IN4O. The van der Waals surface area contributed by atoms with Gasteiger partial charge in [-0.05, 0) is 38.1 Å². The number of halogens is 1. The van der Waals surface area contributed by atoms with Gasteiger partial charge in [0.25, 0.3) is 0 Å². The van der Waals surface area contributed by atoms with Crippen LogP contribution in [-0.4, -0.2) is 50.1 Å². The minimum Gasteiger partial charge on any atom is -0.461 e. The molecule has 0 spiro atoms. The Morgan fingerprint density at radius 1 is 1.32 bits per heavy atom. The fourth-order valence-electron chi connectivity index (χ4n) is 3.44. The minimum absolute atomic E-state index is 0. The maximum Gasteiger partial charge on any atom is 0.191 e. The van der Waals surface area contributed by atoms with E-state index in [4.69, 9.17) is 4.42 Å². The van der Waals surface area contributed by atoms with Crippen LogP contribution >= 0.6 is 24.0 Å². The van der Waals surface area contributed by atoms with Crippen molar-refractivity contribution in [3.63, 3.8) is 0 Å². The molecule has 1 aliphatic heterocycles. The van der Waals surface area contributed by atoms with Crippen molar-refractivity contribution in [1.29, 1.82) is 0 Å². The first-order valence-electron chi connectivity index (χ1n) is 8.96. The first-order valence-corrected chi connectivity index (χ1v) is 8.96. The molecule has 1 unspecified atom stereocenters. The number of hydrogen-bond donors (Lipinski definition) is 2. The van der Waals surface area contributed by atoms with Crippen molar-refractivity contribution in [2.45, 2.75) is 32.2 Å². The van der Waals surface area contributed by atoms with Gasteiger partial charge in [0, 0.05) is 38.0 Å². The van der Waals surface area contributed by atoms with Gasteiger partial charge in [-0.25, -0.2) is 0 Å². The van der Waals surface area contributed by atoms with E-state index in [0.717, 1.165) is 48.7 Å². The van der Waals surface area contributed by atoms with Crippen LogP contribution < -0.4 is 10.6 Å². The van der Waals surface area contributed by atoms with Gasteiger partial charge in [0.15, 0.2) is 5.96 Å². The lowest BCUT2D eigenvalue weighted by Crippen LogP contribution is -2.45. The third-order valence-electron chi connectivity index (χ3n) is 4.77. The molecule has 3 rings (SSSR count). The molecule has 25 heavy (non-hydrogen) atoms. The van der Waals surface area contributed by atoms with Crippen LogP contribution in [0.3, 0.4) is 0 Å². The molecule has 0 amide bonds. The molecule has 1 aromatic heterocycles. The van der Waals surface area contributed by atoms with E-state index in [1.807, 2.05) is 25.2 Å². The lowest BCUT2D eigenvalue weighted by Gasteiger charge is -2.23. The maximum atomic E-state index is 5.85. The molecule has 1 saturated heterocycles. The van der Waals surface area contributed by atoms with E-state index in [2.05, 4.69) is 39.6 Å². The second-order valence-corrected chi connectivity index (χ2v) is 6.31. The predicted octanol–water partition coefficient (Wildman–Crippen LogP) is 3.24. The molecule has 0 saturated carbocycles. The number of nitrogens with zero attached hydrogens (tertiary/aromatic N) is 2. The van der Waals surface area contributed by atoms with Crippen LogP contribution in [0.1, 0.15) is 25.5 Å². The molecule has 5 nitrogen and oxygen atoms in total. The third kappa shape index (κ3) is 5.34. The van der Waals surface area contributed by atoms with Crippen molar-refractivity contribution in [2.24, 2.45) is 4.99 Å². The second kappa shape index (κ2) is 10.0. The fourth-order valence-corrected chi connectivity index (χ4v) is 3.44. The molecule has 1 atom stereocenters. The molecule has 1 aromatic carbocycles. The highest BCUT2D eigenvalue weighted by Gasteiger charge is 2.22. The summed E-state index contributed by atoms with van der Waals surface area (Å²) in [6.45, 7) is 6.35. The number of benzene rings is 1. The van der Waals surface area contributed by atoms with E-state index in [-0.39, 0.29) is 24.0 Å². The van der Waals surface area contributed by atoms with Gasteiger partial charge in [-0.2, -0.15) is 0 Å². The van der Waals surface area contributed by atoms with Gasteiger partial charge >= 0.3 is 0 Å². The van der Waals surface area contributed by atoms with Crippen molar-refractivity contribution < 1.29 is 4.42 Å². The van der Waals surface area contributed by atoms with Crippen LogP contribution in [0.5, 0.6) is 0 Å². The van der Waals surface area contributed by atoms with Gasteiger partial charge in [0.05, 0.1) is 0 Å². The Hall–Kier alpha value is -1.28. The van der Waals surface area contributed by atoms with Crippen LogP contribution in [0.4, 0.5) is 0 Å². The maximum absolute atomic E-state index is 5.85. The smallest absolute Gasteiger partial charge is 0.191 e. The molecule has 0 radical (unpaired) electrons. The van der Waals surface area contributed by atoms with Crippen LogP contribution in [0.2, 0.25) is 0 Å². The summed E-state index contributed by atoms with van der Waals surface area (Å²) < 4.78 is 5.85. The molecule has 1 fully saturated rings. The number of nitrogens with one attached hydrogen (secondary N) is 2. The summed E-state index contributed by atoms with van der Waals surface area (Å²) in [6, 6.07) is 10.9. The Morgan fingerprint density at radius 2 is 2.16 bits per heavy atom. The quantitative estimate of drug-likeness (QED) is 0.398. The summed E-state index contributed by atoms with van der Waals surface area (Å²) in [5, 5.41) is 8.00. The van der Waals surface area contributed by atoms with E-state index in [1.54, 1.807) is 0 Å². The number of furan rings is 1. The molecule has 1 aliphatic rings. The summed E-state index contributed by atoms with van der Waals surface area (Å²) in [4.78, 5) is 6.86. The zero-order valence-electron chi connectivity index (χ0n) is 15.1. The number of para-hydroxylation sites is 1. The topological polar surface area (TPSA) is 52.8 Å². The molecular weight excluding hydrogens is 427 g/mol. The SMILES string of the molecule is CCN1CCCC1CNC(=NC)NCCc1cc2ccccc2o1.I. The second-order valence-electron chi connectivity index (χ2n) is 6.31. The summed E-state index contributed by atoms with van der Waals surface area (Å²) >= 11 is 0. The highest BCUT2D eigenvalue weighted by Crippen LogP contribution is 2.18. The Labute approximate surface area is 167 Å². The Morgan fingerprint density at radius 3 is 2.92 bits per heavy atom. The van der Waals surface area contributed by atoms with E-state index in [1.165, 1.54) is 19.4 Å². The molecule has 6 heteroatoms. The molecule has 138 valence electrons. The predicted molar refractivity (Wildman–Crippen MR) is 115 cm³/mol. The molecule has 2 aromatic rings. The van der Waals surface area contributed by atoms with Gasteiger partial charge in [-0.1, -0.05) is 25.1 Å². The van der Waals surface area contributed by atoms with Crippen molar-refractivity contribution in [3.8, 4) is 0 Å². The first-order chi connectivity index (χ1) is 11.8. The minimum atomic E-state index is 0. The zero-order valence-corrected chi connectivity index (χ0v) is 17.5. The van der Waals surface area contributed by atoms with Crippen LogP contribution in [0.15, 0.2) is 39.7 Å². The summed E-state index contributed by atoms with van der Waals surface area (Å²) in [6.07, 6.45) is 3.43.